The SMILES string of the molecule is COc1ccccc1CNC(=O)Nc1ccc(-n2cnnn2)c(C)c1. The van der Waals surface area contributed by atoms with Crippen molar-refractivity contribution in [2.45, 2.75) is 13.5 Å². The molecule has 0 spiro atoms. The van der Waals surface area contributed by atoms with Gasteiger partial charge >= 0.3 is 6.03 Å². The van der Waals surface area contributed by atoms with E-state index in [1.54, 1.807) is 17.9 Å². The molecular weight excluding hydrogens is 320 g/mol. The zero-order valence-corrected chi connectivity index (χ0v) is 13.9. The van der Waals surface area contributed by atoms with Crippen LogP contribution in [0.1, 0.15) is 11.1 Å². The summed E-state index contributed by atoms with van der Waals surface area (Å²) in [5.41, 5.74) is 3.39. The summed E-state index contributed by atoms with van der Waals surface area (Å²) in [6.45, 7) is 2.30. The molecule has 128 valence electrons. The van der Waals surface area contributed by atoms with Gasteiger partial charge in [-0.25, -0.2) is 9.48 Å². The maximum atomic E-state index is 12.1. The fourth-order valence-corrected chi connectivity index (χ4v) is 2.46. The molecule has 1 heterocycles. The lowest BCUT2D eigenvalue weighted by Gasteiger charge is -2.12. The van der Waals surface area contributed by atoms with E-state index in [9.17, 15) is 4.79 Å². The number of hydrogen-bond acceptors (Lipinski definition) is 5. The third kappa shape index (κ3) is 3.92. The van der Waals surface area contributed by atoms with Gasteiger partial charge in [-0.2, -0.15) is 0 Å². The zero-order chi connectivity index (χ0) is 17.6. The van der Waals surface area contributed by atoms with Crippen molar-refractivity contribution in [2.75, 3.05) is 12.4 Å². The molecule has 8 nitrogen and oxygen atoms in total. The van der Waals surface area contributed by atoms with Crippen LogP contribution < -0.4 is 15.4 Å². The second kappa shape index (κ2) is 7.43. The molecule has 0 fully saturated rings. The predicted molar refractivity (Wildman–Crippen MR) is 92.7 cm³/mol. The number of para-hydroxylation sites is 1. The van der Waals surface area contributed by atoms with Crippen LogP contribution in [0.5, 0.6) is 5.75 Å². The minimum absolute atomic E-state index is 0.291. The quantitative estimate of drug-likeness (QED) is 0.744. The normalized spacial score (nSPS) is 10.3. The van der Waals surface area contributed by atoms with Gasteiger partial charge in [-0.1, -0.05) is 18.2 Å². The van der Waals surface area contributed by atoms with E-state index in [2.05, 4.69) is 26.2 Å². The Morgan fingerprint density at radius 1 is 1.24 bits per heavy atom. The number of hydrogen-bond donors (Lipinski definition) is 2. The molecule has 25 heavy (non-hydrogen) atoms. The average molecular weight is 338 g/mol. The smallest absolute Gasteiger partial charge is 0.319 e. The van der Waals surface area contributed by atoms with Crippen LogP contribution in [0.2, 0.25) is 0 Å². The first-order valence-electron chi connectivity index (χ1n) is 7.68. The molecule has 0 saturated heterocycles. The molecule has 0 aliphatic rings. The molecule has 0 atom stereocenters. The Morgan fingerprint density at radius 3 is 2.80 bits per heavy atom. The van der Waals surface area contributed by atoms with Gasteiger partial charge in [0.25, 0.3) is 0 Å². The number of nitrogens with one attached hydrogen (secondary N) is 2. The first-order chi connectivity index (χ1) is 12.2. The van der Waals surface area contributed by atoms with Gasteiger partial charge in [-0.3, -0.25) is 0 Å². The van der Waals surface area contributed by atoms with Crippen molar-refractivity contribution in [1.82, 2.24) is 25.5 Å². The second-order valence-electron chi connectivity index (χ2n) is 5.38. The van der Waals surface area contributed by atoms with Gasteiger partial charge in [0, 0.05) is 17.8 Å². The molecule has 0 aliphatic heterocycles. The molecule has 3 rings (SSSR count). The molecule has 2 amide bonds. The van der Waals surface area contributed by atoms with Crippen molar-refractivity contribution in [3.05, 3.63) is 59.9 Å². The number of methoxy groups -OCH3 is 1. The molecule has 0 saturated carbocycles. The number of carbonyl (C=O) groups excluding carboxylic acids is 1. The van der Waals surface area contributed by atoms with Crippen LogP contribution in [-0.4, -0.2) is 33.3 Å². The van der Waals surface area contributed by atoms with Gasteiger partial charge in [-0.15, -0.1) is 5.10 Å². The molecule has 2 N–H and O–H groups in total. The van der Waals surface area contributed by atoms with Crippen molar-refractivity contribution in [2.24, 2.45) is 0 Å². The van der Waals surface area contributed by atoms with Crippen molar-refractivity contribution < 1.29 is 9.53 Å². The number of benzene rings is 2. The summed E-state index contributed by atoms with van der Waals surface area (Å²) in [5.74, 6) is 0.740. The molecule has 0 aliphatic carbocycles. The highest BCUT2D eigenvalue weighted by Gasteiger charge is 2.07. The summed E-state index contributed by atoms with van der Waals surface area (Å²) in [6, 6.07) is 12.8. The highest BCUT2D eigenvalue weighted by atomic mass is 16.5. The standard InChI is InChI=1S/C17H18N6O2/c1-12-9-14(7-8-15(12)23-11-19-21-22-23)20-17(24)18-10-13-5-3-4-6-16(13)25-2/h3-9,11H,10H2,1-2H3,(H2,18,20,24). The van der Waals surface area contributed by atoms with Crippen LogP contribution in [0.15, 0.2) is 48.8 Å². The maximum Gasteiger partial charge on any atom is 0.319 e. The zero-order valence-electron chi connectivity index (χ0n) is 13.9. The lowest BCUT2D eigenvalue weighted by molar-refractivity contribution is 0.251. The summed E-state index contributed by atoms with van der Waals surface area (Å²) in [5, 5.41) is 16.7. The number of ether oxygens (including phenoxy) is 1. The lowest BCUT2D eigenvalue weighted by atomic mass is 10.2. The van der Waals surface area contributed by atoms with Gasteiger partial charge in [0.2, 0.25) is 0 Å². The monoisotopic (exact) mass is 338 g/mol. The summed E-state index contributed by atoms with van der Waals surface area (Å²) in [6.07, 6.45) is 1.52. The average Bonchev–Trinajstić information content (AvgIpc) is 3.14. The molecule has 8 heteroatoms. The molecule has 3 aromatic rings. The third-order valence-electron chi connectivity index (χ3n) is 3.68. The van der Waals surface area contributed by atoms with E-state index in [1.165, 1.54) is 6.33 Å². The van der Waals surface area contributed by atoms with E-state index >= 15 is 0 Å². The highest BCUT2D eigenvalue weighted by molar-refractivity contribution is 5.89. The number of nitrogens with zero attached hydrogens (tertiary/aromatic N) is 4. The van der Waals surface area contributed by atoms with Crippen LogP contribution in [0, 0.1) is 6.92 Å². The maximum absolute atomic E-state index is 12.1. The fraction of sp³-hybridized carbons (Fsp3) is 0.176. The van der Waals surface area contributed by atoms with Gasteiger partial charge in [-0.05, 0) is 47.2 Å². The van der Waals surface area contributed by atoms with E-state index in [1.807, 2.05) is 43.3 Å². The summed E-state index contributed by atoms with van der Waals surface area (Å²) >= 11 is 0. The van der Waals surface area contributed by atoms with Crippen molar-refractivity contribution in [3.63, 3.8) is 0 Å². The molecule has 0 radical (unpaired) electrons. The van der Waals surface area contributed by atoms with Crippen LogP contribution in [0.4, 0.5) is 10.5 Å². The Bertz CT molecular complexity index is 863. The first kappa shape index (κ1) is 16.4. The van der Waals surface area contributed by atoms with E-state index in [0.717, 1.165) is 22.6 Å². The third-order valence-corrected chi connectivity index (χ3v) is 3.68. The van der Waals surface area contributed by atoms with E-state index in [-0.39, 0.29) is 6.03 Å². The molecule has 0 unspecified atom stereocenters. The Morgan fingerprint density at radius 2 is 2.08 bits per heavy atom. The van der Waals surface area contributed by atoms with Crippen molar-refractivity contribution in [3.8, 4) is 11.4 Å². The number of amides is 2. The van der Waals surface area contributed by atoms with E-state index in [0.29, 0.717) is 12.2 Å². The van der Waals surface area contributed by atoms with Gasteiger partial charge in [0.05, 0.1) is 12.8 Å². The summed E-state index contributed by atoms with van der Waals surface area (Å²) < 4.78 is 6.84. The topological polar surface area (TPSA) is 94.0 Å². The number of rotatable bonds is 5. The minimum Gasteiger partial charge on any atom is -0.496 e. The van der Waals surface area contributed by atoms with Crippen LogP contribution in [0.25, 0.3) is 5.69 Å². The minimum atomic E-state index is -0.291. The Labute approximate surface area is 144 Å². The highest BCUT2D eigenvalue weighted by Crippen LogP contribution is 2.18. The summed E-state index contributed by atoms with van der Waals surface area (Å²) in [4.78, 5) is 12.1. The van der Waals surface area contributed by atoms with E-state index in [4.69, 9.17) is 4.74 Å². The Kier molecular flexibility index (Phi) is 4.89. The number of aryl methyl sites for hydroxylation is 1. The number of anilines is 1. The van der Waals surface area contributed by atoms with Crippen LogP contribution in [0.3, 0.4) is 0 Å². The van der Waals surface area contributed by atoms with Crippen molar-refractivity contribution >= 4 is 11.7 Å². The van der Waals surface area contributed by atoms with Gasteiger partial charge in [0.15, 0.2) is 0 Å². The van der Waals surface area contributed by atoms with Crippen LogP contribution >= 0.6 is 0 Å². The van der Waals surface area contributed by atoms with E-state index < -0.39 is 0 Å². The number of carbonyl (C=O) groups is 1. The molecule has 2 aromatic carbocycles. The lowest BCUT2D eigenvalue weighted by Crippen LogP contribution is -2.28. The predicted octanol–water partition coefficient (Wildman–Crippen LogP) is 2.30. The molecule has 0 bridgehead atoms. The molecular formula is C17H18N6O2. The largest absolute Gasteiger partial charge is 0.496 e. The van der Waals surface area contributed by atoms with Crippen molar-refractivity contribution in [1.29, 1.82) is 0 Å². The fourth-order valence-electron chi connectivity index (χ4n) is 2.46. The Hall–Kier alpha value is -3.42. The molecule has 1 aromatic heterocycles. The van der Waals surface area contributed by atoms with Gasteiger partial charge < -0.3 is 15.4 Å². The van der Waals surface area contributed by atoms with Gasteiger partial charge in [0.1, 0.15) is 12.1 Å². The number of tetrazole rings is 1. The van der Waals surface area contributed by atoms with Crippen LogP contribution in [-0.2, 0) is 6.54 Å². The second-order valence-corrected chi connectivity index (χ2v) is 5.38. The summed E-state index contributed by atoms with van der Waals surface area (Å²) in [7, 11) is 1.61. The Balaban J connectivity index is 1.62. The number of aromatic nitrogens is 4. The first-order valence-corrected chi connectivity index (χ1v) is 7.68. The number of urea groups is 1.